The first-order chi connectivity index (χ1) is 23.7. The average molecular weight is 614 g/mol. The van der Waals surface area contributed by atoms with Crippen LogP contribution in [0.25, 0.3) is 78.6 Å². The molecule has 6 aromatic carbocycles. The van der Waals surface area contributed by atoms with Gasteiger partial charge in [-0.05, 0) is 41.5 Å². The van der Waals surface area contributed by atoms with E-state index in [4.69, 9.17) is 19.9 Å². The van der Waals surface area contributed by atoms with E-state index < -0.39 is 0 Å². The summed E-state index contributed by atoms with van der Waals surface area (Å²) in [5, 5.41) is 9.55. The number of aromatic nitrogens is 4. The van der Waals surface area contributed by atoms with E-state index in [9.17, 15) is 5.26 Å². The highest BCUT2D eigenvalue weighted by Gasteiger charge is 2.16. The summed E-state index contributed by atoms with van der Waals surface area (Å²) in [6.45, 7) is 0. The Morgan fingerprint density at radius 2 is 0.812 bits per heavy atom. The van der Waals surface area contributed by atoms with Crippen LogP contribution in [0.4, 0.5) is 0 Å². The molecule has 0 radical (unpaired) electrons. The zero-order valence-corrected chi connectivity index (χ0v) is 25.8. The van der Waals surface area contributed by atoms with Crippen molar-refractivity contribution in [3.05, 3.63) is 169 Å². The van der Waals surface area contributed by atoms with E-state index in [0.717, 1.165) is 67.2 Å². The summed E-state index contributed by atoms with van der Waals surface area (Å²) in [6, 6.07) is 56.8. The van der Waals surface area contributed by atoms with Gasteiger partial charge in [-0.1, -0.05) is 133 Å². The molecule has 48 heavy (non-hydrogen) atoms. The molecule has 0 aliphatic rings. The van der Waals surface area contributed by atoms with Crippen LogP contribution in [-0.2, 0) is 0 Å². The molecule has 2 aromatic heterocycles. The molecular weight excluding hydrogens is 587 g/mol. The molecule has 8 rings (SSSR count). The molecule has 224 valence electrons. The predicted molar refractivity (Wildman–Crippen MR) is 192 cm³/mol. The third-order valence-corrected chi connectivity index (χ3v) is 8.34. The SMILES string of the molecule is N#Cc1cccc(-c2nc3ccccc3nc2-c2ccc(-c3cc(-c4ccc(-c5ccccc5)cc4)nc(-c4ccccc4)n3)cc2)c1. The molecule has 5 heteroatoms. The summed E-state index contributed by atoms with van der Waals surface area (Å²) < 4.78 is 0. The molecule has 0 atom stereocenters. The van der Waals surface area contributed by atoms with E-state index in [1.807, 2.05) is 84.9 Å². The van der Waals surface area contributed by atoms with Crippen molar-refractivity contribution in [2.75, 3.05) is 0 Å². The molecule has 0 unspecified atom stereocenters. The first-order valence-electron chi connectivity index (χ1n) is 15.7. The van der Waals surface area contributed by atoms with Crippen LogP contribution in [0.5, 0.6) is 0 Å². The second kappa shape index (κ2) is 12.6. The Morgan fingerprint density at radius 1 is 0.354 bits per heavy atom. The largest absolute Gasteiger partial charge is 0.244 e. The monoisotopic (exact) mass is 613 g/mol. The van der Waals surface area contributed by atoms with Crippen molar-refractivity contribution in [1.82, 2.24) is 19.9 Å². The molecule has 2 heterocycles. The third-order valence-electron chi connectivity index (χ3n) is 8.34. The van der Waals surface area contributed by atoms with Crippen LogP contribution in [0.2, 0.25) is 0 Å². The maximum atomic E-state index is 9.55. The summed E-state index contributed by atoms with van der Waals surface area (Å²) in [7, 11) is 0. The minimum Gasteiger partial charge on any atom is -0.244 e. The fourth-order valence-corrected chi connectivity index (χ4v) is 5.86. The summed E-state index contributed by atoms with van der Waals surface area (Å²) in [5.41, 5.74) is 12.4. The van der Waals surface area contributed by atoms with Gasteiger partial charge in [0.25, 0.3) is 0 Å². The number of nitrogens with zero attached hydrogens (tertiary/aromatic N) is 5. The van der Waals surface area contributed by atoms with Crippen LogP contribution in [-0.4, -0.2) is 19.9 Å². The Bertz CT molecular complexity index is 2430. The van der Waals surface area contributed by atoms with Crippen LogP contribution >= 0.6 is 0 Å². The van der Waals surface area contributed by atoms with Crippen LogP contribution in [0.3, 0.4) is 0 Å². The maximum Gasteiger partial charge on any atom is 0.160 e. The van der Waals surface area contributed by atoms with Crippen molar-refractivity contribution in [2.24, 2.45) is 0 Å². The lowest BCUT2D eigenvalue weighted by Crippen LogP contribution is -1.97. The Kier molecular flexibility index (Phi) is 7.50. The fraction of sp³-hybridized carbons (Fsp3) is 0. The molecule has 0 fully saturated rings. The van der Waals surface area contributed by atoms with Crippen molar-refractivity contribution in [1.29, 1.82) is 5.26 Å². The highest BCUT2D eigenvalue weighted by Crippen LogP contribution is 2.34. The first kappa shape index (κ1) is 28.7. The van der Waals surface area contributed by atoms with Crippen molar-refractivity contribution in [2.45, 2.75) is 0 Å². The Morgan fingerprint density at radius 3 is 1.40 bits per heavy atom. The lowest BCUT2D eigenvalue weighted by atomic mass is 9.99. The Labute approximate surface area is 278 Å². The van der Waals surface area contributed by atoms with E-state index in [1.165, 1.54) is 5.56 Å². The summed E-state index contributed by atoms with van der Waals surface area (Å²) in [4.78, 5) is 20.1. The zero-order chi connectivity index (χ0) is 32.3. The van der Waals surface area contributed by atoms with Crippen molar-refractivity contribution in [3.8, 4) is 73.6 Å². The quantitative estimate of drug-likeness (QED) is 0.187. The van der Waals surface area contributed by atoms with Gasteiger partial charge in [0, 0.05) is 27.8 Å². The van der Waals surface area contributed by atoms with Gasteiger partial charge in [0.1, 0.15) is 0 Å². The number of hydrogen-bond acceptors (Lipinski definition) is 5. The van der Waals surface area contributed by atoms with E-state index in [0.29, 0.717) is 11.4 Å². The maximum absolute atomic E-state index is 9.55. The predicted octanol–water partition coefficient (Wildman–Crippen LogP) is 10.3. The van der Waals surface area contributed by atoms with Crippen LogP contribution < -0.4 is 0 Å². The van der Waals surface area contributed by atoms with E-state index in [2.05, 4.69) is 78.9 Å². The number of fused-ring (bicyclic) bond motifs is 1. The lowest BCUT2D eigenvalue weighted by molar-refractivity contribution is 1.18. The van der Waals surface area contributed by atoms with Gasteiger partial charge in [-0.2, -0.15) is 5.26 Å². The van der Waals surface area contributed by atoms with Gasteiger partial charge >= 0.3 is 0 Å². The molecule has 0 saturated carbocycles. The number of nitriles is 1. The summed E-state index contributed by atoms with van der Waals surface area (Å²) >= 11 is 0. The summed E-state index contributed by atoms with van der Waals surface area (Å²) in [6.07, 6.45) is 0. The second-order valence-electron chi connectivity index (χ2n) is 11.5. The lowest BCUT2D eigenvalue weighted by Gasteiger charge is -2.12. The zero-order valence-electron chi connectivity index (χ0n) is 25.8. The fourth-order valence-electron chi connectivity index (χ4n) is 5.86. The molecule has 0 N–H and O–H groups in total. The molecule has 0 aliphatic carbocycles. The van der Waals surface area contributed by atoms with Crippen molar-refractivity contribution >= 4 is 11.0 Å². The number of hydrogen-bond donors (Lipinski definition) is 0. The van der Waals surface area contributed by atoms with Crippen LogP contribution in [0.15, 0.2) is 164 Å². The standard InChI is InChI=1S/C43H27N5/c44-28-29-10-9-15-36(26-29)42-41(45-37-16-7-8-17-38(37)46-42)34-24-22-33(23-25-34)40-27-39(47-43(48-40)35-13-5-2-6-14-35)32-20-18-31(19-21-32)30-11-3-1-4-12-30/h1-27H. The number of rotatable bonds is 6. The average Bonchev–Trinajstić information content (AvgIpc) is 3.18. The Balaban J connectivity index is 1.21. The topological polar surface area (TPSA) is 75.3 Å². The normalized spacial score (nSPS) is 10.9. The van der Waals surface area contributed by atoms with Gasteiger partial charge in [-0.15, -0.1) is 0 Å². The third kappa shape index (κ3) is 5.71. The Hall–Kier alpha value is -6.77. The molecule has 0 aliphatic heterocycles. The minimum absolute atomic E-state index is 0.576. The van der Waals surface area contributed by atoms with Crippen LogP contribution in [0.1, 0.15) is 5.56 Å². The highest BCUT2D eigenvalue weighted by molar-refractivity contribution is 5.87. The second-order valence-corrected chi connectivity index (χ2v) is 11.5. The molecule has 8 aromatic rings. The molecule has 0 saturated heterocycles. The smallest absolute Gasteiger partial charge is 0.160 e. The molecule has 0 bridgehead atoms. The van der Waals surface area contributed by atoms with Gasteiger partial charge < -0.3 is 0 Å². The molecular formula is C43H27N5. The van der Waals surface area contributed by atoms with Gasteiger partial charge in [0.05, 0.1) is 45.4 Å². The van der Waals surface area contributed by atoms with Gasteiger partial charge in [-0.25, -0.2) is 19.9 Å². The minimum atomic E-state index is 0.576. The van der Waals surface area contributed by atoms with Gasteiger partial charge in [-0.3, -0.25) is 0 Å². The number of para-hydroxylation sites is 2. The first-order valence-corrected chi connectivity index (χ1v) is 15.7. The van der Waals surface area contributed by atoms with Crippen LogP contribution in [0, 0.1) is 11.3 Å². The van der Waals surface area contributed by atoms with Gasteiger partial charge in [0.15, 0.2) is 5.82 Å². The summed E-state index contributed by atoms with van der Waals surface area (Å²) in [5.74, 6) is 0.666. The van der Waals surface area contributed by atoms with E-state index >= 15 is 0 Å². The number of benzene rings is 6. The molecule has 0 spiro atoms. The highest BCUT2D eigenvalue weighted by atomic mass is 14.9. The molecule has 5 nitrogen and oxygen atoms in total. The van der Waals surface area contributed by atoms with Crippen molar-refractivity contribution < 1.29 is 0 Å². The molecule has 0 amide bonds. The van der Waals surface area contributed by atoms with Crippen molar-refractivity contribution in [3.63, 3.8) is 0 Å². The van der Waals surface area contributed by atoms with E-state index in [1.54, 1.807) is 6.07 Å². The van der Waals surface area contributed by atoms with Gasteiger partial charge in [0.2, 0.25) is 0 Å². The van der Waals surface area contributed by atoms with E-state index in [-0.39, 0.29) is 0 Å².